The van der Waals surface area contributed by atoms with E-state index in [1.54, 1.807) is 19.1 Å². The van der Waals surface area contributed by atoms with Crippen molar-refractivity contribution < 1.29 is 23.9 Å². The second kappa shape index (κ2) is 11.4. The van der Waals surface area contributed by atoms with Crippen molar-refractivity contribution in [1.29, 1.82) is 0 Å². The van der Waals surface area contributed by atoms with Crippen molar-refractivity contribution >= 4 is 42.1 Å². The molecule has 0 spiro atoms. The molecule has 2 atom stereocenters. The molecule has 164 valence electrons. The van der Waals surface area contributed by atoms with Crippen LogP contribution < -0.4 is 15.9 Å². The van der Waals surface area contributed by atoms with E-state index in [0.717, 1.165) is 15.9 Å². The molecule has 0 radical (unpaired) electrons. The molecule has 0 heterocycles. The average molecular weight is 448 g/mol. The summed E-state index contributed by atoms with van der Waals surface area (Å²) in [5.41, 5.74) is 0.388. The molecule has 0 unspecified atom stereocenters. The Morgan fingerprint density at radius 1 is 0.875 bits per heavy atom. The SMILES string of the molecule is COC(=O)[C@H](OC(=O)c1ccccc1P(c1ccccc1)c1ccccc1)[C@@H](C)CC=O. The molecule has 3 aromatic rings. The summed E-state index contributed by atoms with van der Waals surface area (Å²) in [4.78, 5) is 36.5. The molecule has 0 saturated carbocycles. The lowest BCUT2D eigenvalue weighted by Crippen LogP contribution is -2.36. The van der Waals surface area contributed by atoms with Gasteiger partial charge in [-0.25, -0.2) is 9.59 Å². The maximum absolute atomic E-state index is 13.3. The average Bonchev–Trinajstić information content (AvgIpc) is 2.84. The largest absolute Gasteiger partial charge is 0.466 e. The number of aldehydes is 1. The quantitative estimate of drug-likeness (QED) is 0.285. The van der Waals surface area contributed by atoms with E-state index in [4.69, 9.17) is 9.47 Å². The van der Waals surface area contributed by atoms with Gasteiger partial charge in [0, 0.05) is 12.3 Å². The molecule has 0 aliphatic heterocycles. The minimum atomic E-state index is -1.16. The third-order valence-corrected chi connectivity index (χ3v) is 7.55. The Hall–Kier alpha value is -3.30. The first kappa shape index (κ1) is 23.4. The summed E-state index contributed by atoms with van der Waals surface area (Å²) in [5.74, 6) is -1.80. The van der Waals surface area contributed by atoms with E-state index in [0.29, 0.717) is 11.8 Å². The Bertz CT molecular complexity index is 1010. The topological polar surface area (TPSA) is 69.7 Å². The van der Waals surface area contributed by atoms with Crippen LogP contribution >= 0.6 is 7.92 Å². The molecule has 0 N–H and O–H groups in total. The van der Waals surface area contributed by atoms with E-state index in [1.165, 1.54) is 7.11 Å². The number of ether oxygens (including phenoxy) is 2. The van der Waals surface area contributed by atoms with E-state index in [2.05, 4.69) is 0 Å². The van der Waals surface area contributed by atoms with Crippen LogP contribution in [0.15, 0.2) is 84.9 Å². The first-order chi connectivity index (χ1) is 15.6. The fourth-order valence-electron chi connectivity index (χ4n) is 3.39. The van der Waals surface area contributed by atoms with Gasteiger partial charge in [0.2, 0.25) is 6.10 Å². The summed E-state index contributed by atoms with van der Waals surface area (Å²) in [6.07, 6.45) is -0.382. The zero-order chi connectivity index (χ0) is 22.9. The fraction of sp³-hybridized carbons (Fsp3) is 0.192. The Kier molecular flexibility index (Phi) is 8.29. The number of benzene rings is 3. The van der Waals surface area contributed by atoms with Crippen LogP contribution in [0.25, 0.3) is 0 Å². The van der Waals surface area contributed by atoms with Crippen molar-refractivity contribution in [1.82, 2.24) is 0 Å². The smallest absolute Gasteiger partial charge is 0.347 e. The Morgan fingerprint density at radius 3 is 1.94 bits per heavy atom. The van der Waals surface area contributed by atoms with Crippen LogP contribution in [0.2, 0.25) is 0 Å². The number of methoxy groups -OCH3 is 1. The number of esters is 2. The van der Waals surface area contributed by atoms with Gasteiger partial charge in [0.25, 0.3) is 0 Å². The Morgan fingerprint density at radius 2 is 1.41 bits per heavy atom. The molecular formula is C26H25O5P. The Labute approximate surface area is 189 Å². The highest BCUT2D eigenvalue weighted by atomic mass is 31.1. The van der Waals surface area contributed by atoms with Gasteiger partial charge >= 0.3 is 11.9 Å². The molecule has 3 aromatic carbocycles. The predicted octanol–water partition coefficient (Wildman–Crippen LogP) is 3.37. The lowest BCUT2D eigenvalue weighted by molar-refractivity contribution is -0.153. The maximum Gasteiger partial charge on any atom is 0.347 e. The summed E-state index contributed by atoms with van der Waals surface area (Å²) in [6.45, 7) is 1.68. The minimum absolute atomic E-state index is 0.0788. The number of hydrogen-bond donors (Lipinski definition) is 0. The van der Waals surface area contributed by atoms with Gasteiger partial charge in [-0.15, -0.1) is 0 Å². The number of carbonyl (C=O) groups excluding carboxylic acids is 3. The first-order valence-corrected chi connectivity index (χ1v) is 11.6. The standard InChI is InChI=1S/C26H25O5P/c1-19(17-18-27)24(26(29)30-2)31-25(28)22-15-9-10-16-23(22)32(20-11-5-3-6-12-20)21-13-7-4-8-14-21/h3-16,18-19,24H,17H2,1-2H3/t19-,24+/m0/s1. The maximum atomic E-state index is 13.3. The molecule has 0 fully saturated rings. The zero-order valence-corrected chi connectivity index (χ0v) is 18.9. The van der Waals surface area contributed by atoms with Crippen LogP contribution in [0.1, 0.15) is 23.7 Å². The lowest BCUT2D eigenvalue weighted by Gasteiger charge is -2.24. The molecule has 0 aliphatic carbocycles. The summed E-state index contributed by atoms with van der Waals surface area (Å²) < 4.78 is 10.4. The van der Waals surface area contributed by atoms with Crippen LogP contribution in [-0.2, 0) is 19.1 Å². The molecule has 0 aliphatic rings. The van der Waals surface area contributed by atoms with Gasteiger partial charge in [-0.3, -0.25) is 0 Å². The van der Waals surface area contributed by atoms with Crippen molar-refractivity contribution in [2.45, 2.75) is 19.4 Å². The van der Waals surface area contributed by atoms with Gasteiger partial charge in [0.05, 0.1) is 12.7 Å². The molecule has 32 heavy (non-hydrogen) atoms. The van der Waals surface area contributed by atoms with Crippen molar-refractivity contribution in [3.05, 3.63) is 90.5 Å². The Balaban J connectivity index is 2.03. The van der Waals surface area contributed by atoms with Crippen molar-refractivity contribution in [2.75, 3.05) is 7.11 Å². The second-order valence-corrected chi connectivity index (χ2v) is 9.44. The van der Waals surface area contributed by atoms with Crippen molar-refractivity contribution in [3.63, 3.8) is 0 Å². The molecule has 0 aromatic heterocycles. The van der Waals surface area contributed by atoms with Crippen LogP contribution in [0.4, 0.5) is 0 Å². The predicted molar refractivity (Wildman–Crippen MR) is 126 cm³/mol. The lowest BCUT2D eigenvalue weighted by atomic mass is 10.0. The highest BCUT2D eigenvalue weighted by molar-refractivity contribution is 7.80. The first-order valence-electron chi connectivity index (χ1n) is 10.3. The van der Waals surface area contributed by atoms with Crippen LogP contribution in [0.3, 0.4) is 0 Å². The van der Waals surface area contributed by atoms with Gasteiger partial charge < -0.3 is 14.3 Å². The number of hydrogen-bond acceptors (Lipinski definition) is 5. The molecule has 5 nitrogen and oxygen atoms in total. The molecule has 3 rings (SSSR count). The molecule has 6 heteroatoms. The van der Waals surface area contributed by atoms with Gasteiger partial charge in [-0.1, -0.05) is 85.8 Å². The van der Waals surface area contributed by atoms with E-state index in [-0.39, 0.29) is 6.42 Å². The van der Waals surface area contributed by atoms with E-state index in [9.17, 15) is 14.4 Å². The third kappa shape index (κ3) is 5.49. The van der Waals surface area contributed by atoms with Crippen LogP contribution in [0, 0.1) is 5.92 Å². The molecular weight excluding hydrogens is 423 g/mol. The summed E-state index contributed by atoms with van der Waals surface area (Å²) >= 11 is 0. The highest BCUT2D eigenvalue weighted by Gasteiger charge is 2.32. The van der Waals surface area contributed by atoms with Gasteiger partial charge in [0.15, 0.2) is 0 Å². The molecule has 0 bridgehead atoms. The van der Waals surface area contributed by atoms with Gasteiger partial charge in [0.1, 0.15) is 6.29 Å². The van der Waals surface area contributed by atoms with E-state index >= 15 is 0 Å². The summed E-state index contributed by atoms with van der Waals surface area (Å²) in [5, 5.41) is 3.01. The monoisotopic (exact) mass is 448 g/mol. The van der Waals surface area contributed by atoms with E-state index < -0.39 is 31.9 Å². The second-order valence-electron chi connectivity index (χ2n) is 7.25. The van der Waals surface area contributed by atoms with Gasteiger partial charge in [-0.05, 0) is 29.9 Å². The normalized spacial score (nSPS) is 12.6. The molecule has 0 amide bonds. The molecule has 0 saturated heterocycles. The fourth-order valence-corrected chi connectivity index (χ4v) is 5.83. The minimum Gasteiger partial charge on any atom is -0.466 e. The zero-order valence-electron chi connectivity index (χ0n) is 18.0. The number of rotatable bonds is 9. The van der Waals surface area contributed by atoms with Gasteiger partial charge in [-0.2, -0.15) is 0 Å². The van der Waals surface area contributed by atoms with Crippen molar-refractivity contribution in [3.8, 4) is 0 Å². The number of carbonyl (C=O) groups is 3. The summed E-state index contributed by atoms with van der Waals surface area (Å²) in [7, 11) is 0.193. The van der Waals surface area contributed by atoms with Crippen LogP contribution in [0.5, 0.6) is 0 Å². The summed E-state index contributed by atoms with van der Waals surface area (Å²) in [6, 6.07) is 27.3. The van der Waals surface area contributed by atoms with Crippen molar-refractivity contribution in [2.24, 2.45) is 5.92 Å². The van der Waals surface area contributed by atoms with E-state index in [1.807, 2.05) is 72.8 Å². The third-order valence-electron chi connectivity index (χ3n) is 5.05. The van der Waals surface area contributed by atoms with Crippen LogP contribution in [-0.4, -0.2) is 31.4 Å². The highest BCUT2D eigenvalue weighted by Crippen LogP contribution is 2.34.